The first kappa shape index (κ1) is 16.1. The predicted octanol–water partition coefficient (Wildman–Crippen LogP) is -0.513. The lowest BCUT2D eigenvalue weighted by atomic mass is 10.0. The van der Waals surface area contributed by atoms with Gasteiger partial charge in [-0.2, -0.15) is 0 Å². The van der Waals surface area contributed by atoms with Crippen LogP contribution in [-0.4, -0.2) is 61.8 Å². The van der Waals surface area contributed by atoms with E-state index in [0.717, 1.165) is 11.8 Å². The number of nitro benzene ring substituents is 1. The van der Waals surface area contributed by atoms with E-state index in [4.69, 9.17) is 9.84 Å². The van der Waals surface area contributed by atoms with E-state index in [-0.39, 0.29) is 5.69 Å². The molecule has 1 aromatic carbocycles. The van der Waals surface area contributed by atoms with E-state index >= 15 is 0 Å². The standard InChI is InChI=1S/C12H15NO7S/c14-5-8-9(15)10(16)11(17)12(20-8)21-7-3-1-6(2-4-7)13(18)19/h1-4,8-12,14-17H,5H2/t8-,9+,10+,11+,12-/m0/s1. The van der Waals surface area contributed by atoms with Gasteiger partial charge in [-0.25, -0.2) is 0 Å². The third kappa shape index (κ3) is 3.51. The molecule has 2 rings (SSSR count). The van der Waals surface area contributed by atoms with Crippen molar-refractivity contribution in [1.29, 1.82) is 0 Å². The number of rotatable bonds is 4. The van der Waals surface area contributed by atoms with Gasteiger partial charge in [0.25, 0.3) is 5.69 Å². The summed E-state index contributed by atoms with van der Waals surface area (Å²) in [6.07, 6.45) is -5.16. The van der Waals surface area contributed by atoms with Gasteiger partial charge in [0.15, 0.2) is 0 Å². The molecular weight excluding hydrogens is 302 g/mol. The molecule has 1 saturated heterocycles. The molecule has 1 aliphatic heterocycles. The Hall–Kier alpha value is -1.23. The third-order valence-electron chi connectivity index (χ3n) is 3.15. The van der Waals surface area contributed by atoms with Crippen LogP contribution in [0.25, 0.3) is 0 Å². The number of nitro groups is 1. The number of benzene rings is 1. The van der Waals surface area contributed by atoms with Gasteiger partial charge in [-0.05, 0) is 12.1 Å². The quantitative estimate of drug-likeness (QED) is 0.431. The van der Waals surface area contributed by atoms with Crippen LogP contribution < -0.4 is 0 Å². The van der Waals surface area contributed by atoms with E-state index in [2.05, 4.69) is 0 Å². The van der Waals surface area contributed by atoms with Crippen LogP contribution in [-0.2, 0) is 4.74 Å². The van der Waals surface area contributed by atoms with Crippen molar-refractivity contribution in [2.24, 2.45) is 0 Å². The van der Waals surface area contributed by atoms with Crippen LogP contribution in [0.1, 0.15) is 0 Å². The average molecular weight is 317 g/mol. The van der Waals surface area contributed by atoms with Gasteiger partial charge in [0, 0.05) is 17.0 Å². The summed E-state index contributed by atoms with van der Waals surface area (Å²) in [7, 11) is 0. The molecule has 0 radical (unpaired) electrons. The van der Waals surface area contributed by atoms with E-state index in [1.807, 2.05) is 0 Å². The number of hydrogen-bond acceptors (Lipinski definition) is 8. The Bertz CT molecular complexity index is 495. The van der Waals surface area contributed by atoms with Crippen LogP contribution in [0.3, 0.4) is 0 Å². The van der Waals surface area contributed by atoms with E-state index in [1.165, 1.54) is 24.3 Å². The Kier molecular flexibility index (Phi) is 5.14. The van der Waals surface area contributed by atoms with Crippen molar-refractivity contribution < 1.29 is 30.1 Å². The summed E-state index contributed by atoms with van der Waals surface area (Å²) in [6, 6.07) is 5.60. The Morgan fingerprint density at radius 1 is 1.14 bits per heavy atom. The molecule has 1 fully saturated rings. The first-order valence-electron chi connectivity index (χ1n) is 6.15. The molecule has 0 aliphatic carbocycles. The number of nitrogens with zero attached hydrogens (tertiary/aromatic N) is 1. The van der Waals surface area contributed by atoms with Gasteiger partial charge in [0.05, 0.1) is 11.5 Å². The maximum atomic E-state index is 10.6. The fourth-order valence-corrected chi connectivity index (χ4v) is 3.01. The second kappa shape index (κ2) is 6.69. The fourth-order valence-electron chi connectivity index (χ4n) is 1.95. The lowest BCUT2D eigenvalue weighted by Crippen LogP contribution is -2.57. The van der Waals surface area contributed by atoms with Crippen molar-refractivity contribution in [2.75, 3.05) is 6.61 Å². The Balaban J connectivity index is 2.08. The van der Waals surface area contributed by atoms with Gasteiger partial charge in [0.2, 0.25) is 0 Å². The number of thioether (sulfide) groups is 1. The molecule has 9 heteroatoms. The molecular formula is C12H15NO7S. The van der Waals surface area contributed by atoms with Gasteiger partial charge < -0.3 is 25.2 Å². The summed E-state index contributed by atoms with van der Waals surface area (Å²) in [4.78, 5) is 10.6. The molecule has 8 nitrogen and oxygen atoms in total. The van der Waals surface area contributed by atoms with E-state index < -0.39 is 41.4 Å². The molecule has 0 amide bonds. The predicted molar refractivity (Wildman–Crippen MR) is 72.7 cm³/mol. The number of ether oxygens (including phenoxy) is 1. The summed E-state index contributed by atoms with van der Waals surface area (Å²) < 4.78 is 5.33. The number of hydrogen-bond donors (Lipinski definition) is 4. The fraction of sp³-hybridized carbons (Fsp3) is 0.500. The zero-order valence-corrected chi connectivity index (χ0v) is 11.6. The zero-order chi connectivity index (χ0) is 15.6. The second-order valence-corrected chi connectivity index (χ2v) is 5.74. The molecule has 1 heterocycles. The van der Waals surface area contributed by atoms with Crippen LogP contribution >= 0.6 is 11.8 Å². The number of aliphatic hydroxyl groups excluding tert-OH is 4. The molecule has 0 spiro atoms. The smallest absolute Gasteiger partial charge is 0.269 e. The minimum atomic E-state index is -1.44. The summed E-state index contributed by atoms with van der Waals surface area (Å²) >= 11 is 1.04. The molecule has 0 saturated carbocycles. The highest BCUT2D eigenvalue weighted by Crippen LogP contribution is 2.33. The lowest BCUT2D eigenvalue weighted by molar-refractivity contribution is -0.384. The van der Waals surface area contributed by atoms with Crippen LogP contribution in [0.5, 0.6) is 0 Å². The van der Waals surface area contributed by atoms with Crippen molar-refractivity contribution in [2.45, 2.75) is 34.7 Å². The lowest BCUT2D eigenvalue weighted by Gasteiger charge is -2.39. The van der Waals surface area contributed by atoms with Crippen molar-refractivity contribution in [1.82, 2.24) is 0 Å². The Labute approximate surface area is 124 Å². The number of non-ortho nitro benzene ring substituents is 1. The first-order chi connectivity index (χ1) is 9.93. The molecule has 116 valence electrons. The molecule has 0 aromatic heterocycles. The highest BCUT2D eigenvalue weighted by Gasteiger charge is 2.43. The van der Waals surface area contributed by atoms with E-state index in [1.54, 1.807) is 0 Å². The van der Waals surface area contributed by atoms with Gasteiger partial charge in [-0.1, -0.05) is 11.8 Å². The van der Waals surface area contributed by atoms with Crippen molar-refractivity contribution in [3.63, 3.8) is 0 Å². The first-order valence-corrected chi connectivity index (χ1v) is 7.03. The third-order valence-corrected chi connectivity index (χ3v) is 4.31. The van der Waals surface area contributed by atoms with Crippen LogP contribution in [0.15, 0.2) is 29.2 Å². The van der Waals surface area contributed by atoms with Crippen LogP contribution in [0.2, 0.25) is 0 Å². The minimum absolute atomic E-state index is 0.0619. The summed E-state index contributed by atoms with van der Waals surface area (Å²) in [5.74, 6) is 0. The maximum Gasteiger partial charge on any atom is 0.269 e. The summed E-state index contributed by atoms with van der Waals surface area (Å²) in [5.41, 5.74) is -0.963. The van der Waals surface area contributed by atoms with Crippen molar-refractivity contribution in [3.05, 3.63) is 34.4 Å². The minimum Gasteiger partial charge on any atom is -0.394 e. The molecule has 0 unspecified atom stereocenters. The van der Waals surface area contributed by atoms with E-state index in [0.29, 0.717) is 4.90 Å². The molecule has 1 aliphatic rings. The Morgan fingerprint density at radius 3 is 2.29 bits per heavy atom. The van der Waals surface area contributed by atoms with Crippen LogP contribution in [0.4, 0.5) is 5.69 Å². The average Bonchev–Trinajstić information content (AvgIpc) is 2.48. The summed E-state index contributed by atoms with van der Waals surface area (Å²) in [5, 5.41) is 48.9. The van der Waals surface area contributed by atoms with Gasteiger partial charge in [0.1, 0.15) is 29.9 Å². The molecule has 4 N–H and O–H groups in total. The van der Waals surface area contributed by atoms with Gasteiger partial charge in [-0.3, -0.25) is 10.1 Å². The summed E-state index contributed by atoms with van der Waals surface area (Å²) in [6.45, 7) is -0.498. The molecule has 5 atom stereocenters. The van der Waals surface area contributed by atoms with Crippen LogP contribution in [0, 0.1) is 10.1 Å². The second-order valence-electron chi connectivity index (χ2n) is 4.57. The largest absolute Gasteiger partial charge is 0.394 e. The monoisotopic (exact) mass is 317 g/mol. The topological polar surface area (TPSA) is 133 Å². The molecule has 1 aromatic rings. The van der Waals surface area contributed by atoms with E-state index in [9.17, 15) is 25.4 Å². The van der Waals surface area contributed by atoms with Gasteiger partial charge >= 0.3 is 0 Å². The maximum absolute atomic E-state index is 10.6. The zero-order valence-electron chi connectivity index (χ0n) is 10.8. The molecule has 21 heavy (non-hydrogen) atoms. The van der Waals surface area contributed by atoms with Crippen molar-refractivity contribution in [3.8, 4) is 0 Å². The normalized spacial score (nSPS) is 32.9. The number of aliphatic hydroxyl groups is 4. The highest BCUT2D eigenvalue weighted by molar-refractivity contribution is 7.99. The Morgan fingerprint density at radius 2 is 1.76 bits per heavy atom. The highest BCUT2D eigenvalue weighted by atomic mass is 32.2. The van der Waals surface area contributed by atoms with Crippen molar-refractivity contribution >= 4 is 17.4 Å². The SMILES string of the molecule is O=[N+]([O-])c1ccc(S[C@@H]2O[C@@H](CO)[C@@H](O)[C@@H](O)[C@H]2O)cc1. The van der Waals surface area contributed by atoms with Gasteiger partial charge in [-0.15, -0.1) is 0 Å². The molecule has 0 bridgehead atoms.